The van der Waals surface area contributed by atoms with E-state index in [9.17, 15) is 5.11 Å². The van der Waals surface area contributed by atoms with Gasteiger partial charge in [-0.3, -0.25) is 0 Å². The van der Waals surface area contributed by atoms with Crippen LogP contribution in [0.3, 0.4) is 0 Å². The first-order valence-corrected chi connectivity index (χ1v) is 4.31. The van der Waals surface area contributed by atoms with E-state index in [1.54, 1.807) is 6.08 Å². The van der Waals surface area contributed by atoms with Gasteiger partial charge in [-0.15, -0.1) is 13.2 Å². The molecule has 0 heterocycles. The molecule has 0 rings (SSSR count). The highest BCUT2D eigenvalue weighted by Gasteiger charge is 2.11. The first kappa shape index (κ1) is 11.4. The summed E-state index contributed by atoms with van der Waals surface area (Å²) in [5.74, 6) is 0. The van der Waals surface area contributed by atoms with Crippen LogP contribution < -0.4 is 0 Å². The van der Waals surface area contributed by atoms with E-state index in [1.165, 1.54) is 6.08 Å². The highest BCUT2D eigenvalue weighted by molar-refractivity contribution is 4.94. The van der Waals surface area contributed by atoms with Crippen molar-refractivity contribution in [2.45, 2.75) is 32.0 Å². The third-order valence-electron chi connectivity index (χ3n) is 1.62. The van der Waals surface area contributed by atoms with Crippen molar-refractivity contribution in [2.75, 3.05) is 6.61 Å². The minimum Gasteiger partial charge on any atom is -0.386 e. The molecule has 0 spiro atoms. The Morgan fingerprint density at radius 3 is 2.50 bits per heavy atom. The van der Waals surface area contributed by atoms with E-state index >= 15 is 0 Å². The third-order valence-corrected chi connectivity index (χ3v) is 1.62. The van der Waals surface area contributed by atoms with Gasteiger partial charge in [0.05, 0.1) is 0 Å². The van der Waals surface area contributed by atoms with Crippen molar-refractivity contribution in [1.29, 1.82) is 0 Å². The van der Waals surface area contributed by atoms with E-state index in [-0.39, 0.29) is 6.10 Å². The van der Waals surface area contributed by atoms with Crippen LogP contribution in [0.1, 0.15) is 19.8 Å². The molecule has 0 amide bonds. The molecule has 70 valence electrons. The Hall–Kier alpha value is -0.600. The monoisotopic (exact) mass is 170 g/mol. The zero-order chi connectivity index (χ0) is 9.40. The molecule has 0 aliphatic carbocycles. The molecule has 0 aromatic carbocycles. The van der Waals surface area contributed by atoms with Gasteiger partial charge >= 0.3 is 0 Å². The molecule has 2 unspecified atom stereocenters. The summed E-state index contributed by atoms with van der Waals surface area (Å²) < 4.78 is 5.35. The summed E-state index contributed by atoms with van der Waals surface area (Å²) in [7, 11) is 0. The van der Waals surface area contributed by atoms with E-state index in [2.05, 4.69) is 20.1 Å². The second kappa shape index (κ2) is 7.07. The summed E-state index contributed by atoms with van der Waals surface area (Å²) in [6.07, 6.45) is 4.20. The molecule has 1 N–H and O–H groups in total. The van der Waals surface area contributed by atoms with Gasteiger partial charge in [0.2, 0.25) is 0 Å². The molecule has 0 bridgehead atoms. The topological polar surface area (TPSA) is 29.5 Å². The zero-order valence-electron chi connectivity index (χ0n) is 7.70. The number of aliphatic hydroxyl groups is 1. The van der Waals surface area contributed by atoms with Crippen LogP contribution in [-0.4, -0.2) is 23.9 Å². The Morgan fingerprint density at radius 1 is 1.42 bits per heavy atom. The SMILES string of the molecule is C=CC(O)C(C=C)OCCCC. The van der Waals surface area contributed by atoms with Gasteiger partial charge in [-0.1, -0.05) is 25.5 Å². The largest absolute Gasteiger partial charge is 0.386 e. The Kier molecular flexibility index (Phi) is 6.72. The zero-order valence-corrected chi connectivity index (χ0v) is 7.70. The molecular formula is C10H18O2. The lowest BCUT2D eigenvalue weighted by Crippen LogP contribution is -2.25. The average Bonchev–Trinajstić information content (AvgIpc) is 2.11. The molecule has 0 saturated heterocycles. The lowest BCUT2D eigenvalue weighted by Gasteiger charge is -2.16. The highest BCUT2D eigenvalue weighted by atomic mass is 16.5. The minimum absolute atomic E-state index is 0.311. The van der Waals surface area contributed by atoms with Crippen molar-refractivity contribution in [3.8, 4) is 0 Å². The molecule has 0 aliphatic rings. The fourth-order valence-electron chi connectivity index (χ4n) is 0.804. The van der Waals surface area contributed by atoms with Crippen LogP contribution >= 0.6 is 0 Å². The normalized spacial score (nSPS) is 15.2. The number of rotatable bonds is 7. The fraction of sp³-hybridized carbons (Fsp3) is 0.600. The molecule has 0 fully saturated rings. The Morgan fingerprint density at radius 2 is 2.08 bits per heavy atom. The first-order valence-electron chi connectivity index (χ1n) is 4.31. The van der Waals surface area contributed by atoms with Crippen LogP contribution in [0.25, 0.3) is 0 Å². The molecule has 0 aromatic rings. The third kappa shape index (κ3) is 4.31. The Balaban J connectivity index is 3.66. The molecular weight excluding hydrogens is 152 g/mol. The number of unbranched alkanes of at least 4 members (excludes halogenated alkanes) is 1. The van der Waals surface area contributed by atoms with E-state index in [4.69, 9.17) is 4.74 Å². The van der Waals surface area contributed by atoms with Gasteiger partial charge in [-0.05, 0) is 6.42 Å². The Bertz CT molecular complexity index is 132. The summed E-state index contributed by atoms with van der Waals surface area (Å²) in [6.45, 7) is 9.81. The molecule has 0 radical (unpaired) electrons. The van der Waals surface area contributed by atoms with Crippen LogP contribution in [0.5, 0.6) is 0 Å². The standard InChI is InChI=1S/C10H18O2/c1-4-7-8-12-10(6-3)9(11)5-2/h5-6,9-11H,2-4,7-8H2,1H3. The molecule has 2 nitrogen and oxygen atoms in total. The smallest absolute Gasteiger partial charge is 0.105 e. The maximum absolute atomic E-state index is 9.30. The summed E-state index contributed by atoms with van der Waals surface area (Å²) in [5.41, 5.74) is 0. The van der Waals surface area contributed by atoms with Gasteiger partial charge in [0.25, 0.3) is 0 Å². The van der Waals surface area contributed by atoms with E-state index in [0.29, 0.717) is 6.61 Å². The number of aliphatic hydroxyl groups excluding tert-OH is 1. The molecule has 2 heteroatoms. The van der Waals surface area contributed by atoms with Crippen molar-refractivity contribution in [3.63, 3.8) is 0 Å². The van der Waals surface area contributed by atoms with Crippen LogP contribution in [0.2, 0.25) is 0 Å². The predicted molar refractivity (Wildman–Crippen MR) is 51.0 cm³/mol. The van der Waals surface area contributed by atoms with Gasteiger partial charge in [-0.25, -0.2) is 0 Å². The first-order chi connectivity index (χ1) is 5.76. The summed E-state index contributed by atoms with van der Waals surface area (Å²) in [6, 6.07) is 0. The number of hydrogen-bond acceptors (Lipinski definition) is 2. The Labute approximate surface area is 74.6 Å². The van der Waals surface area contributed by atoms with Crippen molar-refractivity contribution < 1.29 is 9.84 Å². The number of hydrogen-bond donors (Lipinski definition) is 1. The van der Waals surface area contributed by atoms with Crippen molar-refractivity contribution >= 4 is 0 Å². The van der Waals surface area contributed by atoms with Crippen LogP contribution in [0.15, 0.2) is 25.3 Å². The molecule has 0 aliphatic heterocycles. The quantitative estimate of drug-likeness (QED) is 0.467. The molecule has 12 heavy (non-hydrogen) atoms. The van der Waals surface area contributed by atoms with Gasteiger partial charge in [0.1, 0.15) is 12.2 Å². The molecule has 0 aromatic heterocycles. The van der Waals surface area contributed by atoms with Gasteiger partial charge in [0, 0.05) is 6.61 Å². The second-order valence-corrected chi connectivity index (χ2v) is 2.65. The number of ether oxygens (including phenoxy) is 1. The maximum atomic E-state index is 9.30. The lowest BCUT2D eigenvalue weighted by molar-refractivity contribution is 0.0105. The fourth-order valence-corrected chi connectivity index (χ4v) is 0.804. The predicted octanol–water partition coefficient (Wildman–Crippen LogP) is 1.90. The van der Waals surface area contributed by atoms with Crippen LogP contribution in [0.4, 0.5) is 0 Å². The average molecular weight is 170 g/mol. The minimum atomic E-state index is -0.639. The van der Waals surface area contributed by atoms with Gasteiger partial charge < -0.3 is 9.84 Å². The van der Waals surface area contributed by atoms with E-state index in [0.717, 1.165) is 12.8 Å². The van der Waals surface area contributed by atoms with Crippen molar-refractivity contribution in [1.82, 2.24) is 0 Å². The van der Waals surface area contributed by atoms with Crippen molar-refractivity contribution in [2.24, 2.45) is 0 Å². The van der Waals surface area contributed by atoms with E-state index in [1.807, 2.05) is 0 Å². The highest BCUT2D eigenvalue weighted by Crippen LogP contribution is 2.03. The lowest BCUT2D eigenvalue weighted by atomic mass is 10.2. The van der Waals surface area contributed by atoms with Crippen LogP contribution in [0, 0.1) is 0 Å². The molecule has 0 saturated carbocycles. The molecule has 2 atom stereocenters. The van der Waals surface area contributed by atoms with Crippen molar-refractivity contribution in [3.05, 3.63) is 25.3 Å². The second-order valence-electron chi connectivity index (χ2n) is 2.65. The maximum Gasteiger partial charge on any atom is 0.105 e. The summed E-state index contributed by atoms with van der Waals surface area (Å²) in [4.78, 5) is 0. The summed E-state index contributed by atoms with van der Waals surface area (Å²) in [5, 5.41) is 9.30. The van der Waals surface area contributed by atoms with E-state index < -0.39 is 6.10 Å². The van der Waals surface area contributed by atoms with Gasteiger partial charge in [-0.2, -0.15) is 0 Å². The van der Waals surface area contributed by atoms with Gasteiger partial charge in [0.15, 0.2) is 0 Å². The van der Waals surface area contributed by atoms with Crippen LogP contribution in [-0.2, 0) is 4.74 Å². The summed E-state index contributed by atoms with van der Waals surface area (Å²) >= 11 is 0.